The van der Waals surface area contributed by atoms with E-state index < -0.39 is 0 Å². The van der Waals surface area contributed by atoms with Gasteiger partial charge in [0, 0.05) is 26.8 Å². The van der Waals surface area contributed by atoms with Crippen LogP contribution in [0.25, 0.3) is 0 Å². The molecule has 0 aliphatic heterocycles. The molecule has 0 saturated carbocycles. The Morgan fingerprint density at radius 3 is 2.75 bits per heavy atom. The number of aryl methyl sites for hydroxylation is 1. The molecule has 0 spiro atoms. The molecule has 12 heavy (non-hydrogen) atoms. The van der Waals surface area contributed by atoms with Crippen molar-refractivity contribution in [2.45, 2.75) is 6.92 Å². The molecule has 0 radical (unpaired) electrons. The average Bonchev–Trinajstić information content (AvgIpc) is 2.07. The molecule has 1 aromatic heterocycles. The lowest BCUT2D eigenvalue weighted by atomic mass is 10.6. The minimum atomic E-state index is -0.0512. The quantitative estimate of drug-likeness (QED) is 0.563. The topological polar surface area (TPSA) is 39.3 Å². The zero-order valence-electron chi connectivity index (χ0n) is 7.61. The van der Waals surface area contributed by atoms with E-state index in [0.29, 0.717) is 6.54 Å². The van der Waals surface area contributed by atoms with E-state index in [0.717, 1.165) is 5.49 Å². The second kappa shape index (κ2) is 3.38. The smallest absolute Gasteiger partial charge is 0.304 e. The van der Waals surface area contributed by atoms with Crippen molar-refractivity contribution in [3.63, 3.8) is 0 Å². The maximum atomic E-state index is 11.3. The third kappa shape index (κ3) is 1.47. The average molecular weight is 167 g/mol. The molecule has 66 valence electrons. The zero-order valence-corrected chi connectivity index (χ0v) is 7.61. The molecule has 1 aromatic rings. The predicted octanol–water partition coefficient (Wildman–Crippen LogP) is -0.356. The number of nitrogens with zero attached hydrogens (tertiary/aromatic N) is 3. The normalized spacial score (nSPS) is 12.1. The van der Waals surface area contributed by atoms with Crippen LogP contribution in [0.15, 0.2) is 22.1 Å². The second-order valence-corrected chi connectivity index (χ2v) is 2.60. The van der Waals surface area contributed by atoms with Gasteiger partial charge >= 0.3 is 5.69 Å². The number of hydrogen-bond donors (Lipinski definition) is 0. The van der Waals surface area contributed by atoms with Crippen molar-refractivity contribution in [1.82, 2.24) is 9.13 Å². The first-order valence-electron chi connectivity index (χ1n) is 3.90. The summed E-state index contributed by atoms with van der Waals surface area (Å²) in [4.78, 5) is 15.5. The Balaban J connectivity index is 3.48. The highest BCUT2D eigenvalue weighted by atomic mass is 16.1. The summed E-state index contributed by atoms with van der Waals surface area (Å²) in [5.41, 5.74) is 0.672. The van der Waals surface area contributed by atoms with Crippen LogP contribution in [-0.2, 0) is 14.1 Å². The van der Waals surface area contributed by atoms with Crippen molar-refractivity contribution in [3.8, 4) is 0 Å². The van der Waals surface area contributed by atoms with Gasteiger partial charge in [-0.3, -0.25) is 9.56 Å². The molecule has 0 aromatic carbocycles. The van der Waals surface area contributed by atoms with Crippen LogP contribution in [0.5, 0.6) is 0 Å². The number of hydrogen-bond acceptors (Lipinski definition) is 2. The van der Waals surface area contributed by atoms with Crippen molar-refractivity contribution in [2.24, 2.45) is 19.1 Å². The summed E-state index contributed by atoms with van der Waals surface area (Å²) in [6, 6.07) is 1.82. The van der Waals surface area contributed by atoms with Crippen LogP contribution in [0.3, 0.4) is 0 Å². The molecule has 0 amide bonds. The molecule has 1 heterocycles. The Kier molecular flexibility index (Phi) is 2.47. The van der Waals surface area contributed by atoms with Gasteiger partial charge in [-0.1, -0.05) is 0 Å². The van der Waals surface area contributed by atoms with E-state index in [1.807, 2.05) is 13.0 Å². The summed E-state index contributed by atoms with van der Waals surface area (Å²) in [7, 11) is 3.44. The van der Waals surface area contributed by atoms with E-state index >= 15 is 0 Å². The molecule has 0 aliphatic carbocycles. The van der Waals surface area contributed by atoms with Crippen LogP contribution in [0.4, 0.5) is 0 Å². The number of aromatic nitrogens is 2. The van der Waals surface area contributed by atoms with Gasteiger partial charge < -0.3 is 4.57 Å². The van der Waals surface area contributed by atoms with Gasteiger partial charge in [0.1, 0.15) is 5.49 Å². The van der Waals surface area contributed by atoms with Crippen LogP contribution in [-0.4, -0.2) is 15.7 Å². The first-order chi connectivity index (χ1) is 5.66. The minimum Gasteiger partial charge on any atom is -0.304 e. The Labute approximate surface area is 70.8 Å². The van der Waals surface area contributed by atoms with E-state index in [-0.39, 0.29) is 5.69 Å². The van der Waals surface area contributed by atoms with Crippen molar-refractivity contribution >= 4 is 0 Å². The minimum absolute atomic E-state index is 0.0512. The fourth-order valence-electron chi connectivity index (χ4n) is 1.01. The van der Waals surface area contributed by atoms with Crippen LogP contribution < -0.4 is 11.2 Å². The Hall–Kier alpha value is -1.32. The first kappa shape index (κ1) is 8.77. The summed E-state index contributed by atoms with van der Waals surface area (Å²) >= 11 is 0. The van der Waals surface area contributed by atoms with Crippen LogP contribution in [0.1, 0.15) is 6.92 Å². The van der Waals surface area contributed by atoms with E-state index in [1.54, 1.807) is 20.3 Å². The highest BCUT2D eigenvalue weighted by molar-refractivity contribution is 4.83. The second-order valence-electron chi connectivity index (χ2n) is 2.60. The summed E-state index contributed by atoms with van der Waals surface area (Å²) in [6.45, 7) is 2.64. The molecular formula is C8H13N3O. The fourth-order valence-corrected chi connectivity index (χ4v) is 1.01. The standard InChI is InChI=1S/C8H13N3O/c1-4-9-7-5-6-10(2)8(12)11(7)3/h5-6H,4H2,1-3H3. The van der Waals surface area contributed by atoms with Gasteiger partial charge in [0.15, 0.2) is 0 Å². The number of rotatable bonds is 1. The van der Waals surface area contributed by atoms with Gasteiger partial charge in [-0.25, -0.2) is 4.79 Å². The monoisotopic (exact) mass is 167 g/mol. The molecule has 0 atom stereocenters. The Bertz CT molecular complexity index is 386. The van der Waals surface area contributed by atoms with Gasteiger partial charge in [-0.2, -0.15) is 0 Å². The summed E-state index contributed by atoms with van der Waals surface area (Å²) in [5, 5.41) is 0. The van der Waals surface area contributed by atoms with Gasteiger partial charge in [-0.15, -0.1) is 0 Å². The largest absolute Gasteiger partial charge is 0.329 e. The Morgan fingerprint density at radius 2 is 2.17 bits per heavy atom. The third-order valence-corrected chi connectivity index (χ3v) is 1.70. The molecule has 0 fully saturated rings. The van der Waals surface area contributed by atoms with Crippen molar-refractivity contribution in [1.29, 1.82) is 0 Å². The molecule has 0 unspecified atom stereocenters. The fraction of sp³-hybridized carbons (Fsp3) is 0.500. The van der Waals surface area contributed by atoms with E-state index in [2.05, 4.69) is 4.99 Å². The van der Waals surface area contributed by atoms with Gasteiger partial charge in [0.05, 0.1) is 0 Å². The van der Waals surface area contributed by atoms with E-state index in [4.69, 9.17) is 0 Å². The van der Waals surface area contributed by atoms with Gasteiger partial charge in [-0.05, 0) is 13.0 Å². The lowest BCUT2D eigenvalue weighted by molar-refractivity contribution is 0.668. The van der Waals surface area contributed by atoms with E-state index in [1.165, 1.54) is 9.13 Å². The van der Waals surface area contributed by atoms with Crippen LogP contribution in [0.2, 0.25) is 0 Å². The van der Waals surface area contributed by atoms with Crippen molar-refractivity contribution < 1.29 is 0 Å². The van der Waals surface area contributed by atoms with Crippen molar-refractivity contribution in [3.05, 3.63) is 28.2 Å². The molecule has 0 saturated heterocycles. The van der Waals surface area contributed by atoms with Gasteiger partial charge in [0.25, 0.3) is 0 Å². The molecule has 0 N–H and O–H groups in total. The highest BCUT2D eigenvalue weighted by Gasteiger charge is 1.93. The molecule has 4 heteroatoms. The lowest BCUT2D eigenvalue weighted by Crippen LogP contribution is -2.36. The summed E-state index contributed by atoms with van der Waals surface area (Å²) in [6.07, 6.45) is 1.72. The maximum absolute atomic E-state index is 11.3. The maximum Gasteiger partial charge on any atom is 0.329 e. The molecule has 4 nitrogen and oxygen atoms in total. The molecule has 1 rings (SSSR count). The predicted molar refractivity (Wildman–Crippen MR) is 46.8 cm³/mol. The summed E-state index contributed by atoms with van der Waals surface area (Å²) in [5.74, 6) is 0. The van der Waals surface area contributed by atoms with Crippen LogP contribution >= 0.6 is 0 Å². The Morgan fingerprint density at radius 1 is 1.50 bits per heavy atom. The SMILES string of the molecule is CCN=c1ccn(C)c(=O)n1C. The van der Waals surface area contributed by atoms with Crippen molar-refractivity contribution in [2.75, 3.05) is 6.54 Å². The van der Waals surface area contributed by atoms with Gasteiger partial charge in [0.2, 0.25) is 0 Å². The van der Waals surface area contributed by atoms with Crippen LogP contribution in [0, 0.1) is 0 Å². The summed E-state index contributed by atoms with van der Waals surface area (Å²) < 4.78 is 3.05. The third-order valence-electron chi connectivity index (χ3n) is 1.70. The highest BCUT2D eigenvalue weighted by Crippen LogP contribution is 1.70. The zero-order chi connectivity index (χ0) is 9.14. The lowest BCUT2D eigenvalue weighted by Gasteiger charge is -2.01. The van der Waals surface area contributed by atoms with E-state index in [9.17, 15) is 4.79 Å². The molecular weight excluding hydrogens is 154 g/mol. The molecule has 0 bridgehead atoms. The molecule has 0 aliphatic rings. The first-order valence-corrected chi connectivity index (χ1v) is 3.90.